The van der Waals surface area contributed by atoms with Crippen molar-refractivity contribution in [1.29, 1.82) is 5.41 Å². The summed E-state index contributed by atoms with van der Waals surface area (Å²) in [5, 5.41) is 11.8. The number of hydrogen-bond acceptors (Lipinski definition) is 5. The minimum atomic E-state index is -0.389. The van der Waals surface area contributed by atoms with Crippen LogP contribution in [0.1, 0.15) is 11.1 Å². The van der Waals surface area contributed by atoms with Crippen LogP contribution in [0.3, 0.4) is 0 Å². The highest BCUT2D eigenvalue weighted by atomic mass is 32.2. The molecule has 152 valence electrons. The number of nitrogens with one attached hydrogen (secondary N) is 1. The Hall–Kier alpha value is -3.78. The number of carbonyl (C=O) groups is 1. The highest BCUT2D eigenvalue weighted by Crippen LogP contribution is 2.34. The van der Waals surface area contributed by atoms with Crippen molar-refractivity contribution in [3.63, 3.8) is 0 Å². The number of aliphatic imine (C=N–C) groups is 1. The van der Waals surface area contributed by atoms with Gasteiger partial charge in [-0.25, -0.2) is 0 Å². The number of carbonyl (C=O) groups excluding carboxylic acids is 1. The molecule has 0 spiro atoms. The molecule has 6 rings (SSSR count). The van der Waals surface area contributed by atoms with Gasteiger partial charge in [-0.05, 0) is 35.2 Å². The molecule has 3 aliphatic rings. The van der Waals surface area contributed by atoms with Gasteiger partial charge in [0, 0.05) is 35.4 Å². The molecule has 0 aliphatic carbocycles. The molecule has 2 aromatic carbocycles. The summed E-state index contributed by atoms with van der Waals surface area (Å²) in [5.74, 6) is 1.27. The first-order chi connectivity index (χ1) is 15.2. The van der Waals surface area contributed by atoms with Gasteiger partial charge >= 0.3 is 0 Å². The third-order valence-corrected chi connectivity index (χ3v) is 6.18. The average molecular weight is 428 g/mol. The first kappa shape index (κ1) is 18.0. The normalized spacial score (nSPS) is 18.3. The molecule has 0 bridgehead atoms. The number of aromatic nitrogens is 1. The van der Waals surface area contributed by atoms with Gasteiger partial charge in [0.1, 0.15) is 5.84 Å². The lowest BCUT2D eigenvalue weighted by molar-refractivity contribution is -0.114. The average Bonchev–Trinajstić information content (AvgIpc) is 3.50. The first-order valence-electron chi connectivity index (χ1n) is 9.70. The van der Waals surface area contributed by atoms with Crippen molar-refractivity contribution in [2.45, 2.75) is 6.54 Å². The third kappa shape index (κ3) is 2.95. The Kier molecular flexibility index (Phi) is 4.00. The van der Waals surface area contributed by atoms with Crippen molar-refractivity contribution >= 4 is 45.7 Å². The molecule has 0 fully saturated rings. The second-order valence-corrected chi connectivity index (χ2v) is 8.17. The van der Waals surface area contributed by atoms with Crippen LogP contribution in [0.2, 0.25) is 0 Å². The van der Waals surface area contributed by atoms with E-state index in [0.29, 0.717) is 11.7 Å². The van der Waals surface area contributed by atoms with Gasteiger partial charge in [-0.15, -0.1) is 0 Å². The van der Waals surface area contributed by atoms with E-state index in [4.69, 9.17) is 14.9 Å². The summed E-state index contributed by atoms with van der Waals surface area (Å²) in [7, 11) is 0. The lowest BCUT2D eigenvalue weighted by Gasteiger charge is -2.22. The van der Waals surface area contributed by atoms with Crippen LogP contribution in [0.4, 0.5) is 0 Å². The topological polar surface area (TPSA) is 79.9 Å². The van der Waals surface area contributed by atoms with Crippen LogP contribution in [0, 0.1) is 5.41 Å². The SMILES string of the molecule is N=C1/C(=C/c2cn(Cc3ccc4c(c3)OCO4)c3ccccc23)C(=O)N=C2SC=CN12. The fourth-order valence-corrected chi connectivity index (χ4v) is 4.65. The van der Waals surface area contributed by atoms with Gasteiger partial charge in [-0.3, -0.25) is 15.1 Å². The molecule has 0 saturated carbocycles. The molecule has 0 saturated heterocycles. The van der Waals surface area contributed by atoms with E-state index in [-0.39, 0.29) is 24.1 Å². The fraction of sp³-hybridized carbons (Fsp3) is 0.0870. The number of hydrogen-bond donors (Lipinski definition) is 1. The molecule has 7 nitrogen and oxygen atoms in total. The number of rotatable bonds is 3. The monoisotopic (exact) mass is 428 g/mol. The Labute approximate surface area is 181 Å². The second kappa shape index (κ2) is 6.88. The third-order valence-electron chi connectivity index (χ3n) is 5.42. The molecule has 1 aromatic heterocycles. The van der Waals surface area contributed by atoms with Crippen molar-refractivity contribution < 1.29 is 14.3 Å². The first-order valence-corrected chi connectivity index (χ1v) is 10.6. The second-order valence-electron chi connectivity index (χ2n) is 7.30. The Morgan fingerprint density at radius 1 is 1.16 bits per heavy atom. The summed E-state index contributed by atoms with van der Waals surface area (Å²) in [4.78, 5) is 18.3. The predicted octanol–water partition coefficient (Wildman–Crippen LogP) is 4.20. The van der Waals surface area contributed by atoms with E-state index >= 15 is 0 Å². The Balaban J connectivity index is 1.41. The molecule has 3 aromatic rings. The van der Waals surface area contributed by atoms with Crippen molar-refractivity contribution in [1.82, 2.24) is 9.47 Å². The van der Waals surface area contributed by atoms with Crippen LogP contribution < -0.4 is 9.47 Å². The van der Waals surface area contributed by atoms with Crippen LogP contribution in [-0.2, 0) is 11.3 Å². The van der Waals surface area contributed by atoms with Crippen LogP contribution in [0.5, 0.6) is 11.5 Å². The molecule has 3 aliphatic heterocycles. The standard InChI is InChI=1S/C23H16N4O3S/c24-21-17(22(28)25-23-27(21)7-8-31-23)10-15-12-26(18-4-2-1-3-16(15)18)11-14-5-6-19-20(9-14)30-13-29-19/h1-10,12,24H,11,13H2/b17-10-,24-21?. The minimum Gasteiger partial charge on any atom is -0.454 e. The van der Waals surface area contributed by atoms with Gasteiger partial charge in [0.15, 0.2) is 16.7 Å². The fourth-order valence-electron chi connectivity index (χ4n) is 3.94. The van der Waals surface area contributed by atoms with Crippen molar-refractivity contribution in [3.8, 4) is 11.5 Å². The highest BCUT2D eigenvalue weighted by Gasteiger charge is 2.31. The number of amides is 1. The summed E-state index contributed by atoms with van der Waals surface area (Å²) in [6, 6.07) is 14.0. The summed E-state index contributed by atoms with van der Waals surface area (Å²) in [5.41, 5.74) is 3.28. The van der Waals surface area contributed by atoms with Crippen LogP contribution in [0.15, 0.2) is 70.8 Å². The van der Waals surface area contributed by atoms with Crippen LogP contribution in [-0.4, -0.2) is 33.2 Å². The minimum absolute atomic E-state index is 0.142. The smallest absolute Gasteiger partial charge is 0.283 e. The molecule has 31 heavy (non-hydrogen) atoms. The lowest BCUT2D eigenvalue weighted by Crippen LogP contribution is -2.35. The maximum atomic E-state index is 12.6. The predicted molar refractivity (Wildman–Crippen MR) is 120 cm³/mol. The van der Waals surface area contributed by atoms with Gasteiger partial charge in [0.25, 0.3) is 5.91 Å². The Morgan fingerprint density at radius 3 is 2.97 bits per heavy atom. The van der Waals surface area contributed by atoms with E-state index in [2.05, 4.69) is 15.6 Å². The van der Waals surface area contributed by atoms with Gasteiger partial charge in [0.05, 0.1) is 5.57 Å². The van der Waals surface area contributed by atoms with Crippen molar-refractivity contribution in [2.75, 3.05) is 6.79 Å². The largest absolute Gasteiger partial charge is 0.454 e. The quantitative estimate of drug-likeness (QED) is 0.633. The van der Waals surface area contributed by atoms with E-state index in [1.165, 1.54) is 11.8 Å². The molecule has 8 heteroatoms. The van der Waals surface area contributed by atoms with Gasteiger partial charge in [0.2, 0.25) is 6.79 Å². The van der Waals surface area contributed by atoms with E-state index in [0.717, 1.165) is 33.5 Å². The van der Waals surface area contributed by atoms with Crippen molar-refractivity contribution in [3.05, 3.63) is 77.0 Å². The zero-order valence-corrected chi connectivity index (χ0v) is 17.1. The summed E-state index contributed by atoms with van der Waals surface area (Å²) < 4.78 is 13.0. The van der Waals surface area contributed by atoms with E-state index in [1.807, 2.05) is 48.0 Å². The Bertz CT molecular complexity index is 1370. The van der Waals surface area contributed by atoms with Crippen LogP contribution >= 0.6 is 11.8 Å². The van der Waals surface area contributed by atoms with E-state index in [9.17, 15) is 4.79 Å². The lowest BCUT2D eigenvalue weighted by atomic mass is 10.1. The Morgan fingerprint density at radius 2 is 2.03 bits per heavy atom. The number of thioether (sulfide) groups is 1. The molecule has 0 radical (unpaired) electrons. The van der Waals surface area contributed by atoms with Gasteiger partial charge < -0.3 is 14.0 Å². The molecule has 1 N–H and O–H groups in total. The van der Waals surface area contributed by atoms with E-state index in [1.54, 1.807) is 17.2 Å². The molecule has 0 atom stereocenters. The number of nitrogens with zero attached hydrogens (tertiary/aromatic N) is 3. The number of ether oxygens (including phenoxy) is 2. The number of fused-ring (bicyclic) bond motifs is 3. The van der Waals surface area contributed by atoms with Gasteiger partial charge in [-0.1, -0.05) is 36.0 Å². The summed E-state index contributed by atoms with van der Waals surface area (Å²) in [6.07, 6.45) is 5.53. The number of benzene rings is 2. The van der Waals surface area contributed by atoms with Crippen molar-refractivity contribution in [2.24, 2.45) is 4.99 Å². The zero-order chi connectivity index (χ0) is 20.9. The number of amidine groups is 2. The molecular weight excluding hydrogens is 412 g/mol. The summed E-state index contributed by atoms with van der Waals surface area (Å²) in [6.45, 7) is 0.886. The summed E-state index contributed by atoms with van der Waals surface area (Å²) >= 11 is 1.34. The molecular formula is C23H16N4O3S. The number of para-hydroxylation sites is 1. The molecule has 4 heterocycles. The van der Waals surface area contributed by atoms with Gasteiger partial charge in [-0.2, -0.15) is 4.99 Å². The van der Waals surface area contributed by atoms with Crippen LogP contribution in [0.25, 0.3) is 17.0 Å². The van der Waals surface area contributed by atoms with E-state index < -0.39 is 0 Å². The highest BCUT2D eigenvalue weighted by molar-refractivity contribution is 8.16. The maximum absolute atomic E-state index is 12.6. The molecule has 0 unspecified atom stereocenters. The molecule has 1 amide bonds. The zero-order valence-electron chi connectivity index (χ0n) is 16.2. The maximum Gasteiger partial charge on any atom is 0.283 e.